The minimum absolute atomic E-state index is 0.0464. The lowest BCUT2D eigenvalue weighted by Crippen LogP contribution is -2.39. The third-order valence-corrected chi connectivity index (χ3v) is 4.86. The molecule has 1 atom stereocenters. The van der Waals surface area contributed by atoms with Crippen molar-refractivity contribution >= 4 is 28.1 Å². The van der Waals surface area contributed by atoms with Crippen LogP contribution in [0.15, 0.2) is 42.5 Å². The molecule has 0 aliphatic heterocycles. The topological polar surface area (TPSA) is 50.2 Å². The Morgan fingerprint density at radius 1 is 1.16 bits per heavy atom. The van der Waals surface area contributed by atoms with E-state index in [1.54, 1.807) is 4.68 Å². The van der Waals surface area contributed by atoms with Gasteiger partial charge in [0, 0.05) is 19.8 Å². The van der Waals surface area contributed by atoms with Gasteiger partial charge < -0.3 is 10.2 Å². The Labute approximate surface area is 148 Å². The predicted molar refractivity (Wildman–Crippen MR) is 103 cm³/mol. The maximum absolute atomic E-state index is 12.7. The van der Waals surface area contributed by atoms with E-state index in [1.807, 2.05) is 58.0 Å². The molecule has 0 fully saturated rings. The van der Waals surface area contributed by atoms with Gasteiger partial charge in [-0.05, 0) is 43.7 Å². The number of anilines is 2. The van der Waals surface area contributed by atoms with Crippen LogP contribution in [0.25, 0.3) is 10.8 Å². The molecule has 1 heterocycles. The Hall–Kier alpha value is -2.82. The standard InChI is InChI=1S/C20H24N4O/c1-13-19(14(2)24(5)22-13)21-20(25)15(3)23(4)18-11-10-16-8-6-7-9-17(16)12-18/h6-12,15H,1-5H3,(H,21,25). The van der Waals surface area contributed by atoms with Crippen LogP contribution in [0.4, 0.5) is 11.4 Å². The third kappa shape index (κ3) is 3.22. The Morgan fingerprint density at radius 2 is 1.84 bits per heavy atom. The van der Waals surface area contributed by atoms with Gasteiger partial charge >= 0.3 is 0 Å². The fourth-order valence-electron chi connectivity index (χ4n) is 2.98. The van der Waals surface area contributed by atoms with Gasteiger partial charge in [-0.3, -0.25) is 9.48 Å². The molecule has 130 valence electrons. The summed E-state index contributed by atoms with van der Waals surface area (Å²) in [6.07, 6.45) is 0. The molecule has 5 nitrogen and oxygen atoms in total. The zero-order valence-corrected chi connectivity index (χ0v) is 15.4. The number of carbonyl (C=O) groups is 1. The molecule has 1 unspecified atom stereocenters. The van der Waals surface area contributed by atoms with Crippen molar-refractivity contribution < 1.29 is 4.79 Å². The van der Waals surface area contributed by atoms with Gasteiger partial charge in [0.2, 0.25) is 5.91 Å². The number of aromatic nitrogens is 2. The first-order valence-corrected chi connectivity index (χ1v) is 8.41. The summed E-state index contributed by atoms with van der Waals surface area (Å²) in [5, 5.41) is 9.73. The molecule has 0 aliphatic carbocycles. The lowest BCUT2D eigenvalue weighted by Gasteiger charge is -2.26. The van der Waals surface area contributed by atoms with Gasteiger partial charge in [-0.2, -0.15) is 5.10 Å². The normalized spacial score (nSPS) is 12.2. The summed E-state index contributed by atoms with van der Waals surface area (Å²) in [7, 11) is 3.82. The van der Waals surface area contributed by atoms with Gasteiger partial charge in [0.15, 0.2) is 0 Å². The van der Waals surface area contributed by atoms with Crippen LogP contribution in [0.5, 0.6) is 0 Å². The van der Waals surface area contributed by atoms with Gasteiger partial charge in [0.25, 0.3) is 0 Å². The summed E-state index contributed by atoms with van der Waals surface area (Å²) >= 11 is 0. The highest BCUT2D eigenvalue weighted by atomic mass is 16.2. The van der Waals surface area contributed by atoms with E-state index in [0.717, 1.165) is 22.8 Å². The highest BCUT2D eigenvalue weighted by Gasteiger charge is 2.21. The number of rotatable bonds is 4. The van der Waals surface area contributed by atoms with Crippen molar-refractivity contribution in [1.82, 2.24) is 9.78 Å². The van der Waals surface area contributed by atoms with E-state index in [2.05, 4.69) is 34.7 Å². The molecule has 1 N–H and O–H groups in total. The van der Waals surface area contributed by atoms with E-state index < -0.39 is 0 Å². The number of hydrogen-bond acceptors (Lipinski definition) is 3. The van der Waals surface area contributed by atoms with Crippen LogP contribution in [-0.4, -0.2) is 28.8 Å². The first-order chi connectivity index (χ1) is 11.9. The molecule has 0 saturated carbocycles. The van der Waals surface area contributed by atoms with Crippen molar-refractivity contribution in [3.63, 3.8) is 0 Å². The third-order valence-electron chi connectivity index (χ3n) is 4.86. The highest BCUT2D eigenvalue weighted by molar-refractivity contribution is 5.98. The summed E-state index contributed by atoms with van der Waals surface area (Å²) in [6.45, 7) is 5.76. The summed E-state index contributed by atoms with van der Waals surface area (Å²) in [4.78, 5) is 14.7. The van der Waals surface area contributed by atoms with Crippen LogP contribution in [0.2, 0.25) is 0 Å². The van der Waals surface area contributed by atoms with Crippen LogP contribution in [0.1, 0.15) is 18.3 Å². The Morgan fingerprint density at radius 3 is 2.48 bits per heavy atom. The molecule has 0 radical (unpaired) electrons. The largest absolute Gasteiger partial charge is 0.363 e. The number of benzene rings is 2. The van der Waals surface area contributed by atoms with Gasteiger partial charge in [-0.1, -0.05) is 30.3 Å². The number of nitrogens with zero attached hydrogens (tertiary/aromatic N) is 3. The second-order valence-electron chi connectivity index (χ2n) is 6.48. The van der Waals surface area contributed by atoms with Gasteiger partial charge in [-0.15, -0.1) is 0 Å². The van der Waals surface area contributed by atoms with Crippen molar-refractivity contribution in [2.24, 2.45) is 7.05 Å². The zero-order chi connectivity index (χ0) is 18.1. The molecular weight excluding hydrogens is 312 g/mol. The van der Waals surface area contributed by atoms with Crippen LogP contribution >= 0.6 is 0 Å². The Balaban J connectivity index is 1.80. The van der Waals surface area contributed by atoms with E-state index in [-0.39, 0.29) is 11.9 Å². The fraction of sp³-hybridized carbons (Fsp3) is 0.300. The van der Waals surface area contributed by atoms with Crippen molar-refractivity contribution in [1.29, 1.82) is 0 Å². The highest BCUT2D eigenvalue weighted by Crippen LogP contribution is 2.24. The molecular formula is C20H24N4O. The lowest BCUT2D eigenvalue weighted by molar-refractivity contribution is -0.117. The van der Waals surface area contributed by atoms with Crippen molar-refractivity contribution in [2.45, 2.75) is 26.8 Å². The summed E-state index contributed by atoms with van der Waals surface area (Å²) < 4.78 is 1.78. The van der Waals surface area contributed by atoms with Crippen molar-refractivity contribution in [3.8, 4) is 0 Å². The molecule has 5 heteroatoms. The quantitative estimate of drug-likeness (QED) is 0.791. The fourth-order valence-corrected chi connectivity index (χ4v) is 2.98. The second kappa shape index (κ2) is 6.59. The molecule has 0 spiro atoms. The molecule has 25 heavy (non-hydrogen) atoms. The van der Waals surface area contributed by atoms with E-state index in [9.17, 15) is 4.79 Å². The molecule has 3 aromatic rings. The van der Waals surface area contributed by atoms with Gasteiger partial charge in [0.05, 0.1) is 17.1 Å². The van der Waals surface area contributed by atoms with E-state index in [0.29, 0.717) is 0 Å². The average Bonchev–Trinajstić information content (AvgIpc) is 2.86. The SMILES string of the molecule is Cc1nn(C)c(C)c1NC(=O)C(C)N(C)c1ccc2ccccc2c1. The number of fused-ring (bicyclic) bond motifs is 1. The maximum Gasteiger partial charge on any atom is 0.246 e. The number of aryl methyl sites for hydroxylation is 2. The Bertz CT molecular complexity index is 929. The second-order valence-corrected chi connectivity index (χ2v) is 6.48. The molecule has 1 amide bonds. The first-order valence-electron chi connectivity index (χ1n) is 8.41. The average molecular weight is 336 g/mol. The molecule has 0 aliphatic rings. The first kappa shape index (κ1) is 17.0. The molecule has 2 aromatic carbocycles. The van der Waals surface area contributed by atoms with Crippen LogP contribution in [0, 0.1) is 13.8 Å². The van der Waals surface area contributed by atoms with Gasteiger partial charge in [-0.25, -0.2) is 0 Å². The number of hydrogen-bond donors (Lipinski definition) is 1. The molecule has 3 rings (SSSR count). The van der Waals surface area contributed by atoms with Crippen LogP contribution < -0.4 is 10.2 Å². The molecule has 0 bridgehead atoms. The number of likely N-dealkylation sites (N-methyl/N-ethyl adjacent to an activating group) is 1. The summed E-state index contributed by atoms with van der Waals surface area (Å²) in [5.74, 6) is -0.0464. The summed E-state index contributed by atoms with van der Waals surface area (Å²) in [6, 6.07) is 14.2. The molecule has 1 aromatic heterocycles. The lowest BCUT2D eigenvalue weighted by atomic mass is 10.1. The Kier molecular flexibility index (Phi) is 4.49. The molecule has 0 saturated heterocycles. The van der Waals surface area contributed by atoms with Crippen LogP contribution in [-0.2, 0) is 11.8 Å². The zero-order valence-electron chi connectivity index (χ0n) is 15.4. The van der Waals surface area contributed by atoms with Gasteiger partial charge in [0.1, 0.15) is 6.04 Å². The summed E-state index contributed by atoms with van der Waals surface area (Å²) in [5.41, 5.74) is 3.59. The number of nitrogens with one attached hydrogen (secondary N) is 1. The minimum atomic E-state index is -0.305. The van der Waals surface area contributed by atoms with E-state index in [1.165, 1.54) is 10.8 Å². The van der Waals surface area contributed by atoms with Crippen molar-refractivity contribution in [2.75, 3.05) is 17.3 Å². The van der Waals surface area contributed by atoms with Crippen LogP contribution in [0.3, 0.4) is 0 Å². The van der Waals surface area contributed by atoms with E-state index >= 15 is 0 Å². The minimum Gasteiger partial charge on any atom is -0.363 e. The smallest absolute Gasteiger partial charge is 0.246 e. The van der Waals surface area contributed by atoms with Crippen molar-refractivity contribution in [3.05, 3.63) is 53.9 Å². The maximum atomic E-state index is 12.7. The van der Waals surface area contributed by atoms with E-state index in [4.69, 9.17) is 0 Å². The number of carbonyl (C=O) groups excluding carboxylic acids is 1. The predicted octanol–water partition coefficient (Wildman–Crippen LogP) is 3.65. The number of amides is 1. The monoisotopic (exact) mass is 336 g/mol.